The van der Waals surface area contributed by atoms with Crippen LogP contribution < -0.4 is 0 Å². The van der Waals surface area contributed by atoms with Crippen molar-refractivity contribution in [2.45, 2.75) is 58.3 Å². The molecule has 0 aliphatic heterocycles. The average Bonchev–Trinajstić information content (AvgIpc) is 2.92. The molecule has 128 valence electrons. The lowest BCUT2D eigenvalue weighted by atomic mass is 9.55. The van der Waals surface area contributed by atoms with E-state index in [9.17, 15) is 5.11 Å². The summed E-state index contributed by atoms with van der Waals surface area (Å²) < 4.78 is 0. The highest BCUT2D eigenvalue weighted by molar-refractivity contribution is 5.61. The highest BCUT2D eigenvalue weighted by Crippen LogP contribution is 2.63. The predicted octanol–water partition coefficient (Wildman–Crippen LogP) is 6.30. The van der Waals surface area contributed by atoms with Crippen LogP contribution in [-0.4, -0.2) is 5.11 Å². The van der Waals surface area contributed by atoms with Gasteiger partial charge in [-0.25, -0.2) is 0 Å². The fourth-order valence-electron chi connectivity index (χ4n) is 6.25. The number of benzene rings is 1. The zero-order valence-electron chi connectivity index (χ0n) is 15.1. The van der Waals surface area contributed by atoms with Crippen molar-refractivity contribution in [3.8, 4) is 5.75 Å². The summed E-state index contributed by atoms with van der Waals surface area (Å²) in [6.07, 6.45) is 12.4. The van der Waals surface area contributed by atoms with Crippen molar-refractivity contribution in [2.24, 2.45) is 23.2 Å². The summed E-state index contributed by atoms with van der Waals surface area (Å²) in [5, 5.41) is 9.78. The molecule has 3 aliphatic rings. The van der Waals surface area contributed by atoms with Crippen LogP contribution in [0.2, 0.25) is 0 Å². The van der Waals surface area contributed by atoms with Crippen LogP contribution in [0.3, 0.4) is 0 Å². The van der Waals surface area contributed by atoms with Crippen LogP contribution in [0.1, 0.15) is 69.4 Å². The molecule has 2 saturated carbocycles. The molecule has 1 heteroatoms. The molecule has 0 radical (unpaired) electrons. The Morgan fingerprint density at radius 2 is 2.12 bits per heavy atom. The van der Waals surface area contributed by atoms with Crippen molar-refractivity contribution >= 4 is 6.08 Å². The van der Waals surface area contributed by atoms with E-state index in [0.717, 1.165) is 11.8 Å². The van der Waals surface area contributed by atoms with Crippen LogP contribution in [0, 0.1) is 23.2 Å². The van der Waals surface area contributed by atoms with Crippen molar-refractivity contribution in [1.82, 2.24) is 0 Å². The smallest absolute Gasteiger partial charge is 0.116 e. The third kappa shape index (κ3) is 2.28. The van der Waals surface area contributed by atoms with Crippen LogP contribution in [-0.2, 0) is 0 Å². The first-order valence-electron chi connectivity index (χ1n) is 9.73. The molecule has 24 heavy (non-hydrogen) atoms. The van der Waals surface area contributed by atoms with Crippen molar-refractivity contribution in [1.29, 1.82) is 0 Å². The number of fused-ring (bicyclic) bond motifs is 5. The Morgan fingerprint density at radius 1 is 1.29 bits per heavy atom. The highest BCUT2D eigenvalue weighted by Gasteiger charge is 2.54. The first-order chi connectivity index (χ1) is 11.5. The van der Waals surface area contributed by atoms with Gasteiger partial charge in [-0.05, 0) is 84.5 Å². The molecular weight excluding hydrogens is 292 g/mol. The molecule has 1 N–H and O–H groups in total. The zero-order chi connectivity index (χ0) is 16.9. The van der Waals surface area contributed by atoms with Gasteiger partial charge in [0.25, 0.3) is 0 Å². The summed E-state index contributed by atoms with van der Waals surface area (Å²) in [5.74, 6) is 3.20. The topological polar surface area (TPSA) is 20.2 Å². The van der Waals surface area contributed by atoms with Crippen LogP contribution in [0.25, 0.3) is 6.08 Å². The maximum absolute atomic E-state index is 9.78. The van der Waals surface area contributed by atoms with Crippen molar-refractivity contribution in [3.63, 3.8) is 0 Å². The molecule has 0 spiro atoms. The molecule has 1 aromatic carbocycles. The number of aromatic hydroxyl groups is 1. The zero-order valence-corrected chi connectivity index (χ0v) is 15.1. The molecule has 4 rings (SSSR count). The summed E-state index contributed by atoms with van der Waals surface area (Å²) in [6, 6.07) is 5.96. The van der Waals surface area contributed by atoms with Gasteiger partial charge in [0, 0.05) is 0 Å². The van der Waals surface area contributed by atoms with Gasteiger partial charge in [-0.15, -0.1) is 0 Å². The second kappa shape index (κ2) is 5.79. The summed E-state index contributed by atoms with van der Waals surface area (Å²) >= 11 is 0. The molecule has 2 fully saturated rings. The van der Waals surface area contributed by atoms with Crippen molar-refractivity contribution in [2.75, 3.05) is 0 Å². The van der Waals surface area contributed by atoms with E-state index in [1.807, 2.05) is 12.1 Å². The molecular formula is C23H30O. The van der Waals surface area contributed by atoms with Crippen LogP contribution in [0.4, 0.5) is 0 Å². The molecule has 5 atom stereocenters. The quantitative estimate of drug-likeness (QED) is 0.647. The summed E-state index contributed by atoms with van der Waals surface area (Å²) in [4.78, 5) is 0. The van der Waals surface area contributed by atoms with E-state index in [2.05, 4.69) is 38.6 Å². The number of hydrogen-bond donors (Lipinski definition) is 1. The Morgan fingerprint density at radius 3 is 2.92 bits per heavy atom. The SMILES string of the molecule is C=C(CCC)[C@H]1CCC2C3C=Cc4cc(O)ccc4C3CC[C@@]21C. The van der Waals surface area contributed by atoms with Crippen LogP contribution >= 0.6 is 0 Å². The van der Waals surface area contributed by atoms with Crippen molar-refractivity contribution < 1.29 is 5.11 Å². The monoisotopic (exact) mass is 322 g/mol. The van der Waals surface area contributed by atoms with E-state index in [1.165, 1.54) is 55.2 Å². The number of phenolic OH excluding ortho intramolecular Hbond substituents is 1. The van der Waals surface area contributed by atoms with Gasteiger partial charge < -0.3 is 5.11 Å². The minimum atomic E-state index is 0.384. The van der Waals surface area contributed by atoms with Gasteiger partial charge in [-0.3, -0.25) is 0 Å². The van der Waals surface area contributed by atoms with Crippen molar-refractivity contribution in [3.05, 3.63) is 47.6 Å². The minimum Gasteiger partial charge on any atom is -0.508 e. The number of allylic oxidation sites excluding steroid dienone is 2. The highest BCUT2D eigenvalue weighted by atomic mass is 16.3. The van der Waals surface area contributed by atoms with Gasteiger partial charge in [0.15, 0.2) is 0 Å². The molecule has 0 bridgehead atoms. The summed E-state index contributed by atoms with van der Waals surface area (Å²) in [5.41, 5.74) is 4.63. The fourth-order valence-corrected chi connectivity index (χ4v) is 6.25. The third-order valence-corrected chi connectivity index (χ3v) is 7.36. The van der Waals surface area contributed by atoms with Crippen LogP contribution in [0.15, 0.2) is 36.4 Å². The Kier molecular flexibility index (Phi) is 3.86. The van der Waals surface area contributed by atoms with Gasteiger partial charge in [-0.1, -0.05) is 50.6 Å². The van der Waals surface area contributed by atoms with E-state index in [4.69, 9.17) is 0 Å². The van der Waals surface area contributed by atoms with E-state index in [0.29, 0.717) is 23.0 Å². The lowest BCUT2D eigenvalue weighted by molar-refractivity contribution is 0.0667. The average molecular weight is 322 g/mol. The van der Waals surface area contributed by atoms with E-state index in [1.54, 1.807) is 0 Å². The lowest BCUT2D eigenvalue weighted by Crippen LogP contribution is -2.41. The Balaban J connectivity index is 1.65. The maximum Gasteiger partial charge on any atom is 0.116 e. The standard InChI is InChI=1S/C23H30O/c1-4-5-15(2)21-10-11-22-20-8-6-16-14-17(24)7-9-18(16)19(20)12-13-23(21,22)3/h6-9,14,19-22,24H,2,4-5,10-13H2,1,3H3/t19?,20?,21-,22?,23-/m1/s1. The Bertz CT molecular complexity index is 685. The summed E-state index contributed by atoms with van der Waals surface area (Å²) in [6.45, 7) is 9.29. The Hall–Kier alpha value is -1.50. The number of rotatable bonds is 3. The lowest BCUT2D eigenvalue weighted by Gasteiger charge is -2.49. The molecule has 3 aliphatic carbocycles. The molecule has 3 unspecified atom stereocenters. The first-order valence-corrected chi connectivity index (χ1v) is 9.73. The molecule has 0 saturated heterocycles. The second-order valence-electron chi connectivity index (χ2n) is 8.55. The van der Waals surface area contributed by atoms with Gasteiger partial charge in [0.05, 0.1) is 0 Å². The molecule has 0 heterocycles. The van der Waals surface area contributed by atoms with Gasteiger partial charge in [0.2, 0.25) is 0 Å². The number of hydrogen-bond acceptors (Lipinski definition) is 1. The van der Waals surface area contributed by atoms with Crippen LogP contribution in [0.5, 0.6) is 5.75 Å². The molecule has 1 nitrogen and oxygen atoms in total. The Labute approximate surface area is 146 Å². The van der Waals surface area contributed by atoms with E-state index in [-0.39, 0.29) is 0 Å². The predicted molar refractivity (Wildman–Crippen MR) is 101 cm³/mol. The minimum absolute atomic E-state index is 0.384. The van der Waals surface area contributed by atoms with Gasteiger partial charge in [-0.2, -0.15) is 0 Å². The number of phenols is 1. The summed E-state index contributed by atoms with van der Waals surface area (Å²) in [7, 11) is 0. The van der Waals surface area contributed by atoms with Gasteiger partial charge in [0.1, 0.15) is 5.75 Å². The second-order valence-corrected chi connectivity index (χ2v) is 8.55. The molecule has 0 amide bonds. The van der Waals surface area contributed by atoms with E-state index >= 15 is 0 Å². The normalized spacial score (nSPS) is 36.8. The fraction of sp³-hybridized carbons (Fsp3) is 0.565. The molecule has 1 aromatic rings. The first kappa shape index (κ1) is 16.0. The van der Waals surface area contributed by atoms with Gasteiger partial charge >= 0.3 is 0 Å². The molecule has 0 aromatic heterocycles. The largest absolute Gasteiger partial charge is 0.508 e. The third-order valence-electron chi connectivity index (χ3n) is 7.36. The maximum atomic E-state index is 9.78. The van der Waals surface area contributed by atoms with E-state index < -0.39 is 0 Å².